The van der Waals surface area contributed by atoms with Gasteiger partial charge in [-0.15, -0.1) is 0 Å². The molecule has 0 saturated carbocycles. The molecule has 0 bridgehead atoms. The van der Waals surface area contributed by atoms with Crippen molar-refractivity contribution in [1.29, 1.82) is 0 Å². The molecule has 100 valence electrons. The van der Waals surface area contributed by atoms with Crippen LogP contribution in [-0.2, 0) is 9.53 Å². The monoisotopic (exact) mass is 240 g/mol. The zero-order chi connectivity index (χ0) is 12.9. The van der Waals surface area contributed by atoms with Crippen molar-refractivity contribution in [2.24, 2.45) is 0 Å². The van der Waals surface area contributed by atoms with Crippen LogP contribution in [0.2, 0.25) is 0 Å². The molecule has 0 aliphatic rings. The zero-order valence-corrected chi connectivity index (χ0v) is 11.7. The molecule has 0 aromatic carbocycles. The Morgan fingerprint density at radius 2 is 1.71 bits per heavy atom. The van der Waals surface area contributed by atoms with Gasteiger partial charge in [-0.3, -0.25) is 4.79 Å². The van der Waals surface area contributed by atoms with Gasteiger partial charge >= 0.3 is 5.97 Å². The summed E-state index contributed by atoms with van der Waals surface area (Å²) < 4.78 is 5.03. The van der Waals surface area contributed by atoms with Crippen LogP contribution in [0.3, 0.4) is 0 Å². The summed E-state index contributed by atoms with van der Waals surface area (Å²) in [4.78, 5) is 11.2. The third-order valence-electron chi connectivity index (χ3n) is 2.54. The molecule has 0 atom stereocenters. The predicted octanol–water partition coefficient (Wildman–Crippen LogP) is 4.63. The van der Waals surface area contributed by atoms with Gasteiger partial charge in [-0.1, -0.05) is 51.2 Å². The normalized spacial score (nSPS) is 11.3. The van der Waals surface area contributed by atoms with Gasteiger partial charge in [0.1, 0.15) is 0 Å². The molecule has 0 amide bonds. The first-order chi connectivity index (χ1) is 8.16. The van der Waals surface area contributed by atoms with Crippen LogP contribution in [0.15, 0.2) is 12.2 Å². The van der Waals surface area contributed by atoms with Gasteiger partial charge in [0.25, 0.3) is 0 Å². The number of ether oxygens (including phenoxy) is 1. The van der Waals surface area contributed by atoms with Gasteiger partial charge < -0.3 is 4.74 Å². The fraction of sp³-hybridized carbons (Fsp3) is 0.800. The van der Waals surface area contributed by atoms with Crippen LogP contribution >= 0.6 is 0 Å². The number of hydrogen-bond acceptors (Lipinski definition) is 2. The minimum Gasteiger partial charge on any atom is -0.463 e. The quantitative estimate of drug-likeness (QED) is 0.316. The zero-order valence-electron chi connectivity index (χ0n) is 11.7. The minimum absolute atomic E-state index is 0.00512. The molecule has 0 N–H and O–H groups in total. The van der Waals surface area contributed by atoms with Gasteiger partial charge in [-0.25, -0.2) is 0 Å². The van der Waals surface area contributed by atoms with Gasteiger partial charge in [0.05, 0.1) is 12.5 Å². The first-order valence-electron chi connectivity index (χ1n) is 7.01. The highest BCUT2D eigenvalue weighted by molar-refractivity contribution is 5.71. The molecule has 0 radical (unpaired) electrons. The van der Waals surface area contributed by atoms with Crippen LogP contribution in [-0.4, -0.2) is 12.1 Å². The van der Waals surface area contributed by atoms with Gasteiger partial charge in [0.2, 0.25) is 0 Å². The van der Waals surface area contributed by atoms with Crippen LogP contribution in [0.4, 0.5) is 0 Å². The molecule has 0 aromatic rings. The fourth-order valence-electron chi connectivity index (χ4n) is 1.65. The van der Waals surface area contributed by atoms with Crippen molar-refractivity contribution in [3.63, 3.8) is 0 Å². The summed E-state index contributed by atoms with van der Waals surface area (Å²) in [7, 11) is 0. The van der Waals surface area contributed by atoms with Crippen LogP contribution < -0.4 is 0 Å². The predicted molar refractivity (Wildman–Crippen MR) is 73.0 cm³/mol. The van der Waals surface area contributed by atoms with Crippen LogP contribution in [0.25, 0.3) is 0 Å². The average molecular weight is 240 g/mol. The summed E-state index contributed by atoms with van der Waals surface area (Å²) in [6, 6.07) is 0. The number of unbranched alkanes of at least 4 members (excludes halogenated alkanes) is 6. The highest BCUT2D eigenvalue weighted by Crippen LogP contribution is 2.07. The Bertz CT molecular complexity index is 207. The third kappa shape index (κ3) is 13.1. The maximum absolute atomic E-state index is 11.2. The van der Waals surface area contributed by atoms with E-state index in [4.69, 9.17) is 4.74 Å². The Balaban J connectivity index is 3.28. The van der Waals surface area contributed by atoms with Crippen LogP contribution in [0.5, 0.6) is 0 Å². The molecule has 2 heteroatoms. The number of allylic oxidation sites excluding steroid dienone is 1. The van der Waals surface area contributed by atoms with Crippen molar-refractivity contribution in [3.05, 3.63) is 12.2 Å². The third-order valence-corrected chi connectivity index (χ3v) is 2.54. The van der Waals surface area contributed by atoms with Gasteiger partial charge in [-0.2, -0.15) is 0 Å². The van der Waals surface area contributed by atoms with Crippen molar-refractivity contribution in [1.82, 2.24) is 0 Å². The van der Waals surface area contributed by atoms with Crippen LogP contribution in [0, 0.1) is 0 Å². The minimum atomic E-state index is -0.126. The summed E-state index contributed by atoms with van der Waals surface area (Å²) in [6.07, 6.45) is 13.4. The van der Waals surface area contributed by atoms with Gasteiger partial charge in [-0.05, 0) is 26.7 Å². The number of carbonyl (C=O) groups excluding carboxylic acids is 1. The second-order valence-electron chi connectivity index (χ2n) is 4.77. The smallest absolute Gasteiger partial charge is 0.309 e. The number of esters is 1. The Labute approximate surface area is 106 Å². The van der Waals surface area contributed by atoms with E-state index >= 15 is 0 Å². The van der Waals surface area contributed by atoms with E-state index in [2.05, 4.69) is 13.0 Å². The molecule has 0 unspecified atom stereocenters. The molecular weight excluding hydrogens is 212 g/mol. The Hall–Kier alpha value is -0.790. The largest absolute Gasteiger partial charge is 0.463 e. The highest BCUT2D eigenvalue weighted by Gasteiger charge is 2.01. The lowest BCUT2D eigenvalue weighted by molar-refractivity contribution is -0.146. The van der Waals surface area contributed by atoms with Gasteiger partial charge in [0.15, 0.2) is 0 Å². The highest BCUT2D eigenvalue weighted by atomic mass is 16.5. The van der Waals surface area contributed by atoms with E-state index in [1.54, 1.807) is 0 Å². The van der Waals surface area contributed by atoms with Crippen molar-refractivity contribution in [3.8, 4) is 0 Å². The van der Waals surface area contributed by atoms with E-state index in [0.717, 1.165) is 6.42 Å². The molecule has 17 heavy (non-hydrogen) atoms. The maximum atomic E-state index is 11.2. The van der Waals surface area contributed by atoms with E-state index in [1.165, 1.54) is 38.5 Å². The van der Waals surface area contributed by atoms with E-state index in [-0.39, 0.29) is 12.1 Å². The number of rotatable bonds is 10. The van der Waals surface area contributed by atoms with E-state index in [0.29, 0.717) is 6.42 Å². The van der Waals surface area contributed by atoms with Gasteiger partial charge in [0, 0.05) is 0 Å². The lowest BCUT2D eigenvalue weighted by Gasteiger charge is -2.05. The SMILES string of the molecule is CCCCCCCC/C=C\CC(=O)OC(C)C. The van der Waals surface area contributed by atoms with E-state index in [1.807, 2.05) is 19.9 Å². The van der Waals surface area contributed by atoms with Crippen molar-refractivity contribution < 1.29 is 9.53 Å². The van der Waals surface area contributed by atoms with Crippen molar-refractivity contribution in [2.45, 2.75) is 78.2 Å². The summed E-state index contributed by atoms with van der Waals surface area (Å²) in [6.45, 7) is 5.98. The summed E-state index contributed by atoms with van der Waals surface area (Å²) in [5, 5.41) is 0. The second kappa shape index (κ2) is 11.7. The molecule has 0 spiro atoms. The first kappa shape index (κ1) is 16.2. The lowest BCUT2D eigenvalue weighted by Crippen LogP contribution is -2.09. The summed E-state index contributed by atoms with van der Waals surface area (Å²) in [5.41, 5.74) is 0. The topological polar surface area (TPSA) is 26.3 Å². The van der Waals surface area contributed by atoms with Crippen molar-refractivity contribution in [2.75, 3.05) is 0 Å². The molecular formula is C15H28O2. The summed E-state index contributed by atoms with van der Waals surface area (Å²) >= 11 is 0. The van der Waals surface area contributed by atoms with Crippen LogP contribution in [0.1, 0.15) is 72.1 Å². The van der Waals surface area contributed by atoms with Crippen molar-refractivity contribution >= 4 is 5.97 Å². The Kier molecular flexibility index (Phi) is 11.1. The average Bonchev–Trinajstić information content (AvgIpc) is 2.26. The molecule has 0 saturated heterocycles. The molecule has 0 aliphatic heterocycles. The Morgan fingerprint density at radius 3 is 2.35 bits per heavy atom. The fourth-order valence-corrected chi connectivity index (χ4v) is 1.65. The first-order valence-corrected chi connectivity index (χ1v) is 7.01. The second-order valence-corrected chi connectivity index (χ2v) is 4.77. The molecule has 0 aliphatic carbocycles. The molecule has 0 rings (SSSR count). The number of carbonyl (C=O) groups is 1. The van der Waals surface area contributed by atoms with E-state index < -0.39 is 0 Å². The molecule has 0 aromatic heterocycles. The lowest BCUT2D eigenvalue weighted by atomic mass is 10.1. The molecule has 2 nitrogen and oxygen atoms in total. The maximum Gasteiger partial charge on any atom is 0.309 e. The number of hydrogen-bond donors (Lipinski definition) is 0. The molecule has 0 heterocycles. The standard InChI is InChI=1S/C15H28O2/c1-4-5-6-7-8-9-10-11-12-13-15(16)17-14(2)3/h11-12,14H,4-10,13H2,1-3H3/b12-11-. The molecule has 0 fully saturated rings. The Morgan fingerprint density at radius 1 is 1.06 bits per heavy atom. The summed E-state index contributed by atoms with van der Waals surface area (Å²) in [5.74, 6) is -0.126. The van der Waals surface area contributed by atoms with E-state index in [9.17, 15) is 4.79 Å².